The number of aromatic nitrogens is 2. The Bertz CT molecular complexity index is 1280. The SMILES string of the molecule is CC1=C(c2nc(-c3ccccc3)no2)C(c2ccc(F)cc2)NC(=S)N1CCc1cccs1. The van der Waals surface area contributed by atoms with Gasteiger partial charge in [0.2, 0.25) is 5.82 Å². The van der Waals surface area contributed by atoms with E-state index in [1.807, 2.05) is 37.3 Å². The van der Waals surface area contributed by atoms with Gasteiger partial charge in [-0.2, -0.15) is 4.98 Å². The summed E-state index contributed by atoms with van der Waals surface area (Å²) in [6.45, 7) is 2.73. The van der Waals surface area contributed by atoms with Crippen LogP contribution in [0.5, 0.6) is 0 Å². The van der Waals surface area contributed by atoms with E-state index in [9.17, 15) is 4.39 Å². The van der Waals surface area contributed by atoms with Crippen LogP contribution in [0.2, 0.25) is 0 Å². The average molecular weight is 477 g/mol. The average Bonchev–Trinajstić information content (AvgIpc) is 3.52. The van der Waals surface area contributed by atoms with Gasteiger partial charge in [0.05, 0.1) is 11.6 Å². The molecule has 0 bridgehead atoms. The molecular formula is C25H21FN4OS2. The van der Waals surface area contributed by atoms with Crippen molar-refractivity contribution in [3.05, 3.63) is 100.0 Å². The van der Waals surface area contributed by atoms with Gasteiger partial charge in [0, 0.05) is 22.7 Å². The van der Waals surface area contributed by atoms with Gasteiger partial charge in [-0.25, -0.2) is 4.39 Å². The summed E-state index contributed by atoms with van der Waals surface area (Å²) in [6.07, 6.45) is 0.865. The van der Waals surface area contributed by atoms with Gasteiger partial charge in [0.1, 0.15) is 5.82 Å². The topological polar surface area (TPSA) is 54.2 Å². The summed E-state index contributed by atoms with van der Waals surface area (Å²) in [6, 6.07) is 19.9. The third-order valence-electron chi connectivity index (χ3n) is 5.65. The highest BCUT2D eigenvalue weighted by atomic mass is 32.1. The summed E-state index contributed by atoms with van der Waals surface area (Å²) in [7, 11) is 0. The molecule has 2 aromatic heterocycles. The second-order valence-electron chi connectivity index (χ2n) is 7.70. The molecule has 0 fully saturated rings. The molecule has 0 radical (unpaired) electrons. The van der Waals surface area contributed by atoms with Crippen LogP contribution >= 0.6 is 23.6 Å². The van der Waals surface area contributed by atoms with E-state index in [2.05, 4.69) is 32.9 Å². The van der Waals surface area contributed by atoms with Gasteiger partial charge in [0.15, 0.2) is 5.11 Å². The van der Waals surface area contributed by atoms with Crippen molar-refractivity contribution in [1.82, 2.24) is 20.4 Å². The van der Waals surface area contributed by atoms with E-state index < -0.39 is 0 Å². The van der Waals surface area contributed by atoms with Crippen LogP contribution in [0.4, 0.5) is 4.39 Å². The lowest BCUT2D eigenvalue weighted by Crippen LogP contribution is -2.46. The van der Waals surface area contributed by atoms with Crippen LogP contribution < -0.4 is 5.32 Å². The Morgan fingerprint density at radius 2 is 1.88 bits per heavy atom. The second kappa shape index (κ2) is 9.25. The summed E-state index contributed by atoms with van der Waals surface area (Å²) in [5, 5.41) is 10.3. The highest BCUT2D eigenvalue weighted by Crippen LogP contribution is 2.37. The van der Waals surface area contributed by atoms with Gasteiger partial charge in [-0.05, 0) is 54.7 Å². The molecule has 2 aromatic carbocycles. The highest BCUT2D eigenvalue weighted by Gasteiger charge is 2.34. The maximum absolute atomic E-state index is 13.6. The minimum absolute atomic E-state index is 0.291. The van der Waals surface area contributed by atoms with Crippen LogP contribution in [0.3, 0.4) is 0 Å². The van der Waals surface area contributed by atoms with Gasteiger partial charge in [-0.3, -0.25) is 0 Å². The van der Waals surface area contributed by atoms with Crippen LogP contribution in [-0.2, 0) is 6.42 Å². The molecule has 0 spiro atoms. The number of nitrogens with one attached hydrogen (secondary N) is 1. The first-order valence-corrected chi connectivity index (χ1v) is 11.8. The summed E-state index contributed by atoms with van der Waals surface area (Å²) in [4.78, 5) is 8.05. The molecule has 1 N–H and O–H groups in total. The second-order valence-corrected chi connectivity index (χ2v) is 9.12. The van der Waals surface area contributed by atoms with Gasteiger partial charge < -0.3 is 14.7 Å². The number of rotatable bonds is 6. The monoisotopic (exact) mass is 476 g/mol. The molecule has 1 aliphatic heterocycles. The van der Waals surface area contributed by atoms with Gasteiger partial charge in [0.25, 0.3) is 5.89 Å². The van der Waals surface area contributed by atoms with E-state index >= 15 is 0 Å². The normalized spacial score (nSPS) is 16.2. The largest absolute Gasteiger partial charge is 0.351 e. The molecule has 0 aliphatic carbocycles. The molecule has 4 aromatic rings. The maximum Gasteiger partial charge on any atom is 0.258 e. The minimum Gasteiger partial charge on any atom is -0.351 e. The van der Waals surface area contributed by atoms with E-state index in [-0.39, 0.29) is 11.9 Å². The van der Waals surface area contributed by atoms with Crippen LogP contribution in [0.1, 0.15) is 29.3 Å². The molecule has 8 heteroatoms. The Morgan fingerprint density at radius 3 is 2.61 bits per heavy atom. The first-order chi connectivity index (χ1) is 16.1. The molecular weight excluding hydrogens is 455 g/mol. The minimum atomic E-state index is -0.333. The Labute approximate surface area is 200 Å². The third-order valence-corrected chi connectivity index (χ3v) is 6.92. The van der Waals surface area contributed by atoms with Crippen LogP contribution in [0.25, 0.3) is 17.0 Å². The number of halogens is 1. The number of hydrogen-bond donors (Lipinski definition) is 1. The molecule has 1 unspecified atom stereocenters. The lowest BCUT2D eigenvalue weighted by atomic mass is 9.94. The summed E-state index contributed by atoms with van der Waals surface area (Å²) in [5.74, 6) is 0.639. The molecule has 0 saturated heterocycles. The summed E-state index contributed by atoms with van der Waals surface area (Å²) >= 11 is 7.46. The van der Waals surface area contributed by atoms with Crippen molar-refractivity contribution in [3.8, 4) is 11.4 Å². The van der Waals surface area contributed by atoms with E-state index in [0.29, 0.717) is 16.8 Å². The first-order valence-electron chi connectivity index (χ1n) is 10.6. The number of thiocarbonyl (C=S) groups is 1. The Hall–Kier alpha value is -3.36. The molecule has 1 aliphatic rings. The van der Waals surface area contributed by atoms with E-state index in [1.54, 1.807) is 23.5 Å². The van der Waals surface area contributed by atoms with Crippen molar-refractivity contribution < 1.29 is 8.91 Å². The van der Waals surface area contributed by atoms with Crippen LogP contribution in [-0.4, -0.2) is 26.7 Å². The van der Waals surface area contributed by atoms with E-state index in [0.717, 1.165) is 35.4 Å². The predicted octanol–water partition coefficient (Wildman–Crippen LogP) is 5.84. The fourth-order valence-corrected chi connectivity index (χ4v) is 4.99. The molecule has 1 atom stereocenters. The number of thiophene rings is 1. The standard InChI is InChI=1S/C25H21FN4OS2/c1-16-21(24-28-23(29-31-24)18-6-3-2-4-7-18)22(17-9-11-19(26)12-10-17)27-25(32)30(16)14-13-20-8-5-15-33-20/h2-12,15,22H,13-14H2,1H3,(H,27,32). The number of hydrogen-bond acceptors (Lipinski definition) is 5. The van der Waals surface area contributed by atoms with Crippen molar-refractivity contribution in [3.63, 3.8) is 0 Å². The molecule has 33 heavy (non-hydrogen) atoms. The molecule has 5 rings (SSSR count). The first kappa shape index (κ1) is 21.5. The van der Waals surface area contributed by atoms with Gasteiger partial charge >= 0.3 is 0 Å². The Kier molecular flexibility index (Phi) is 6.02. The zero-order valence-corrected chi connectivity index (χ0v) is 19.5. The van der Waals surface area contributed by atoms with Gasteiger partial charge in [-0.1, -0.05) is 53.7 Å². The van der Waals surface area contributed by atoms with E-state index in [4.69, 9.17) is 21.7 Å². The summed E-state index contributed by atoms with van der Waals surface area (Å²) in [5.41, 5.74) is 3.51. The third kappa shape index (κ3) is 4.44. The van der Waals surface area contributed by atoms with Gasteiger partial charge in [-0.15, -0.1) is 11.3 Å². The maximum atomic E-state index is 13.6. The Balaban J connectivity index is 1.55. The van der Waals surface area contributed by atoms with Crippen LogP contribution in [0.15, 0.2) is 82.3 Å². The van der Waals surface area contributed by atoms with Crippen molar-refractivity contribution in [2.45, 2.75) is 19.4 Å². The van der Waals surface area contributed by atoms with Crippen LogP contribution in [0, 0.1) is 5.82 Å². The van der Waals surface area contributed by atoms with E-state index in [1.165, 1.54) is 17.0 Å². The lowest BCUT2D eigenvalue weighted by molar-refractivity contribution is 0.397. The molecule has 5 nitrogen and oxygen atoms in total. The Morgan fingerprint density at radius 1 is 1.09 bits per heavy atom. The predicted molar refractivity (Wildman–Crippen MR) is 132 cm³/mol. The summed E-state index contributed by atoms with van der Waals surface area (Å²) < 4.78 is 19.3. The number of nitrogens with zero attached hydrogens (tertiary/aromatic N) is 3. The highest BCUT2D eigenvalue weighted by molar-refractivity contribution is 7.80. The molecule has 0 amide bonds. The van der Waals surface area contributed by atoms with Crippen molar-refractivity contribution in [1.29, 1.82) is 0 Å². The molecule has 166 valence electrons. The number of allylic oxidation sites excluding steroid dienone is 1. The zero-order chi connectivity index (χ0) is 22.8. The number of benzene rings is 2. The quantitative estimate of drug-likeness (QED) is 0.353. The molecule has 3 heterocycles. The van der Waals surface area contributed by atoms with Crippen molar-refractivity contribution in [2.24, 2.45) is 0 Å². The lowest BCUT2D eigenvalue weighted by Gasteiger charge is -2.37. The fraction of sp³-hybridized carbons (Fsp3) is 0.160. The van der Waals surface area contributed by atoms with Crippen molar-refractivity contribution >= 4 is 34.2 Å². The zero-order valence-electron chi connectivity index (χ0n) is 17.9. The molecule has 0 saturated carbocycles. The smallest absolute Gasteiger partial charge is 0.258 e. The van der Waals surface area contributed by atoms with Crippen molar-refractivity contribution in [2.75, 3.05) is 6.54 Å². The fourth-order valence-electron chi connectivity index (χ4n) is 3.95.